The minimum atomic E-state index is -0.0300. The van der Waals surface area contributed by atoms with Gasteiger partial charge in [0, 0.05) is 23.5 Å². The van der Waals surface area contributed by atoms with Gasteiger partial charge in [0.15, 0.2) is 0 Å². The summed E-state index contributed by atoms with van der Waals surface area (Å²) in [7, 11) is 0. The van der Waals surface area contributed by atoms with Crippen LogP contribution in [0, 0.1) is 0 Å². The van der Waals surface area contributed by atoms with Gasteiger partial charge < -0.3 is 10.0 Å². The van der Waals surface area contributed by atoms with Crippen molar-refractivity contribution in [3.05, 3.63) is 65.7 Å². The molecule has 4 heteroatoms. The zero-order valence-corrected chi connectivity index (χ0v) is 13.6. The van der Waals surface area contributed by atoms with Crippen molar-refractivity contribution < 1.29 is 9.90 Å². The Labute approximate surface area is 136 Å². The van der Waals surface area contributed by atoms with Gasteiger partial charge in [-0.05, 0) is 42.5 Å². The van der Waals surface area contributed by atoms with Gasteiger partial charge in [-0.15, -0.1) is 11.8 Å². The topological polar surface area (TPSA) is 40.5 Å². The fourth-order valence-electron chi connectivity index (χ4n) is 2.26. The van der Waals surface area contributed by atoms with Gasteiger partial charge in [-0.3, -0.25) is 4.79 Å². The number of hydrogen-bond acceptors (Lipinski definition) is 3. The number of aliphatic hydroxyl groups excluding tert-OH is 1. The Bertz CT molecular complexity index is 584. The number of carbonyl (C=O) groups excluding carboxylic acids is 1. The summed E-state index contributed by atoms with van der Waals surface area (Å²) < 4.78 is 0. The van der Waals surface area contributed by atoms with Crippen LogP contribution >= 0.6 is 11.8 Å². The quantitative estimate of drug-likeness (QED) is 0.798. The molecule has 1 N–H and O–H groups in total. The standard InChI is InChI=1S/C18H21NO2S/c1-22-17-9-7-16(8-10-17)18(21)19(13-14-20)12-11-15-5-3-2-4-6-15/h2-10,20H,11-14H2,1H3. The van der Waals surface area contributed by atoms with Crippen LogP contribution in [0.1, 0.15) is 15.9 Å². The van der Waals surface area contributed by atoms with Crippen molar-refractivity contribution in [1.82, 2.24) is 4.90 Å². The van der Waals surface area contributed by atoms with Crippen molar-refractivity contribution in [2.24, 2.45) is 0 Å². The summed E-state index contributed by atoms with van der Waals surface area (Å²) in [5, 5.41) is 9.21. The smallest absolute Gasteiger partial charge is 0.253 e. The van der Waals surface area contributed by atoms with Crippen molar-refractivity contribution in [2.75, 3.05) is 26.0 Å². The zero-order chi connectivity index (χ0) is 15.8. The SMILES string of the molecule is CSc1ccc(C(=O)N(CCO)CCc2ccccc2)cc1. The van der Waals surface area contributed by atoms with Crippen LogP contribution in [0.25, 0.3) is 0 Å². The maximum absolute atomic E-state index is 12.6. The summed E-state index contributed by atoms with van der Waals surface area (Å²) in [6, 6.07) is 17.7. The van der Waals surface area contributed by atoms with Crippen molar-refractivity contribution in [1.29, 1.82) is 0 Å². The highest BCUT2D eigenvalue weighted by atomic mass is 32.2. The first-order valence-electron chi connectivity index (χ1n) is 7.32. The monoisotopic (exact) mass is 315 g/mol. The van der Waals surface area contributed by atoms with Crippen LogP contribution in [0.15, 0.2) is 59.5 Å². The van der Waals surface area contributed by atoms with E-state index in [1.807, 2.05) is 48.7 Å². The van der Waals surface area contributed by atoms with Crippen LogP contribution in [0.3, 0.4) is 0 Å². The largest absolute Gasteiger partial charge is 0.395 e. The molecule has 0 aliphatic carbocycles. The molecule has 0 atom stereocenters. The summed E-state index contributed by atoms with van der Waals surface area (Å²) in [6.07, 6.45) is 2.80. The van der Waals surface area contributed by atoms with E-state index < -0.39 is 0 Å². The number of aliphatic hydroxyl groups is 1. The molecule has 0 saturated heterocycles. The summed E-state index contributed by atoms with van der Waals surface area (Å²) >= 11 is 1.65. The van der Waals surface area contributed by atoms with Crippen molar-refractivity contribution >= 4 is 17.7 Å². The Balaban J connectivity index is 2.03. The number of amides is 1. The van der Waals surface area contributed by atoms with Crippen molar-refractivity contribution in [2.45, 2.75) is 11.3 Å². The van der Waals surface area contributed by atoms with E-state index in [9.17, 15) is 9.90 Å². The Morgan fingerprint density at radius 3 is 2.32 bits per heavy atom. The molecule has 0 radical (unpaired) electrons. The second-order valence-corrected chi connectivity index (χ2v) is 5.86. The van der Waals surface area contributed by atoms with E-state index in [-0.39, 0.29) is 12.5 Å². The van der Waals surface area contributed by atoms with E-state index in [1.165, 1.54) is 5.56 Å². The first-order chi connectivity index (χ1) is 10.7. The maximum atomic E-state index is 12.6. The molecule has 2 rings (SSSR count). The minimum Gasteiger partial charge on any atom is -0.395 e. The number of nitrogens with zero attached hydrogens (tertiary/aromatic N) is 1. The number of carbonyl (C=O) groups is 1. The van der Waals surface area contributed by atoms with Crippen LogP contribution in [0.4, 0.5) is 0 Å². The Morgan fingerprint density at radius 2 is 1.73 bits per heavy atom. The molecule has 0 fully saturated rings. The molecular formula is C18H21NO2S. The molecule has 1 amide bonds. The third kappa shape index (κ3) is 4.61. The van der Waals surface area contributed by atoms with Crippen LogP contribution in [-0.4, -0.2) is 41.9 Å². The number of benzene rings is 2. The summed E-state index contributed by atoms with van der Waals surface area (Å²) in [5.41, 5.74) is 1.86. The number of rotatable bonds is 7. The predicted octanol–water partition coefficient (Wildman–Crippen LogP) is 3.09. The van der Waals surface area contributed by atoms with E-state index >= 15 is 0 Å². The lowest BCUT2D eigenvalue weighted by molar-refractivity contribution is 0.0724. The minimum absolute atomic E-state index is 0.0244. The Morgan fingerprint density at radius 1 is 1.05 bits per heavy atom. The van der Waals surface area contributed by atoms with E-state index in [2.05, 4.69) is 12.1 Å². The van der Waals surface area contributed by atoms with Crippen LogP contribution in [0.2, 0.25) is 0 Å². The summed E-state index contributed by atoms with van der Waals surface area (Å²) in [6.45, 7) is 0.938. The van der Waals surface area contributed by atoms with E-state index in [4.69, 9.17) is 0 Å². The van der Waals surface area contributed by atoms with Crippen molar-refractivity contribution in [3.8, 4) is 0 Å². The molecule has 0 saturated carbocycles. The van der Waals surface area contributed by atoms with Gasteiger partial charge in [0.2, 0.25) is 0 Å². The highest BCUT2D eigenvalue weighted by molar-refractivity contribution is 7.98. The molecule has 0 unspecified atom stereocenters. The van der Waals surface area contributed by atoms with Gasteiger partial charge in [0.05, 0.1) is 6.61 Å². The van der Waals surface area contributed by atoms with Crippen LogP contribution < -0.4 is 0 Å². The second-order valence-electron chi connectivity index (χ2n) is 4.98. The highest BCUT2D eigenvalue weighted by Gasteiger charge is 2.15. The van der Waals surface area contributed by atoms with Gasteiger partial charge in [-0.2, -0.15) is 0 Å². The van der Waals surface area contributed by atoms with E-state index in [0.717, 1.165) is 11.3 Å². The number of thioether (sulfide) groups is 1. The van der Waals surface area contributed by atoms with Gasteiger partial charge in [0.25, 0.3) is 5.91 Å². The molecule has 0 spiro atoms. The third-order valence-corrected chi connectivity index (χ3v) is 4.25. The highest BCUT2D eigenvalue weighted by Crippen LogP contribution is 2.16. The van der Waals surface area contributed by atoms with E-state index in [0.29, 0.717) is 18.7 Å². The molecule has 0 bridgehead atoms. The van der Waals surface area contributed by atoms with Gasteiger partial charge in [0.1, 0.15) is 0 Å². The third-order valence-electron chi connectivity index (χ3n) is 3.51. The predicted molar refractivity (Wildman–Crippen MR) is 91.4 cm³/mol. The molecule has 3 nitrogen and oxygen atoms in total. The fraction of sp³-hybridized carbons (Fsp3) is 0.278. The normalized spacial score (nSPS) is 10.5. The van der Waals surface area contributed by atoms with Crippen LogP contribution in [-0.2, 0) is 6.42 Å². The molecule has 0 heterocycles. The molecule has 0 aliphatic heterocycles. The Hall–Kier alpha value is -1.78. The second kappa shape index (κ2) is 8.61. The molecule has 116 valence electrons. The first-order valence-corrected chi connectivity index (χ1v) is 8.55. The maximum Gasteiger partial charge on any atom is 0.253 e. The zero-order valence-electron chi connectivity index (χ0n) is 12.7. The summed E-state index contributed by atoms with van der Waals surface area (Å²) in [4.78, 5) is 15.4. The average molecular weight is 315 g/mol. The molecule has 2 aromatic carbocycles. The average Bonchev–Trinajstić information content (AvgIpc) is 2.59. The lowest BCUT2D eigenvalue weighted by atomic mass is 10.1. The molecule has 2 aromatic rings. The van der Waals surface area contributed by atoms with E-state index in [1.54, 1.807) is 16.7 Å². The van der Waals surface area contributed by atoms with Crippen molar-refractivity contribution in [3.63, 3.8) is 0 Å². The first kappa shape index (κ1) is 16.6. The lowest BCUT2D eigenvalue weighted by Crippen LogP contribution is -2.35. The van der Waals surface area contributed by atoms with Gasteiger partial charge >= 0.3 is 0 Å². The van der Waals surface area contributed by atoms with Gasteiger partial charge in [-0.25, -0.2) is 0 Å². The summed E-state index contributed by atoms with van der Waals surface area (Å²) in [5.74, 6) is -0.0300. The molecule has 0 aliphatic rings. The molecular weight excluding hydrogens is 294 g/mol. The van der Waals surface area contributed by atoms with Crippen LogP contribution in [0.5, 0.6) is 0 Å². The number of hydrogen-bond donors (Lipinski definition) is 1. The molecule has 22 heavy (non-hydrogen) atoms. The van der Waals surface area contributed by atoms with Gasteiger partial charge in [-0.1, -0.05) is 30.3 Å². The Kier molecular flexibility index (Phi) is 6.49. The lowest BCUT2D eigenvalue weighted by Gasteiger charge is -2.22. The molecule has 0 aromatic heterocycles. The fourth-order valence-corrected chi connectivity index (χ4v) is 2.67.